The zero-order valence-corrected chi connectivity index (χ0v) is 8.27. The number of rotatable bonds is 4. The van der Waals surface area contributed by atoms with E-state index in [-0.39, 0.29) is 0 Å². The van der Waals surface area contributed by atoms with Crippen molar-refractivity contribution in [2.75, 3.05) is 0 Å². The summed E-state index contributed by atoms with van der Waals surface area (Å²) in [5.41, 5.74) is 0. The van der Waals surface area contributed by atoms with E-state index >= 15 is 0 Å². The smallest absolute Gasteiger partial charge is 0.324 e. The van der Waals surface area contributed by atoms with Crippen LogP contribution in [0, 0.1) is 0 Å². The van der Waals surface area contributed by atoms with Gasteiger partial charge in [0.05, 0.1) is 5.16 Å². The summed E-state index contributed by atoms with van der Waals surface area (Å²) in [6.45, 7) is 5.40. The Labute approximate surface area is 68.0 Å². The Balaban J connectivity index is 4.47. The van der Waals surface area contributed by atoms with Gasteiger partial charge in [0.2, 0.25) is 0 Å². The van der Waals surface area contributed by atoms with E-state index in [0.717, 1.165) is 6.42 Å². The summed E-state index contributed by atoms with van der Waals surface area (Å²) in [5.74, 6) is 0. The molecule has 4 heteroatoms. The van der Waals surface area contributed by atoms with Crippen LogP contribution in [-0.2, 0) is 4.57 Å². The van der Waals surface area contributed by atoms with E-state index in [1.807, 2.05) is 13.8 Å². The molecule has 0 aromatic rings. The Morgan fingerprint density at radius 2 is 1.82 bits per heavy atom. The normalized spacial score (nSPS) is 17.9. The zero-order chi connectivity index (χ0) is 9.12. The highest BCUT2D eigenvalue weighted by Gasteiger charge is 2.39. The zero-order valence-electron chi connectivity index (χ0n) is 7.37. The van der Waals surface area contributed by atoms with E-state index < -0.39 is 12.8 Å². The molecule has 0 heterocycles. The van der Waals surface area contributed by atoms with Crippen LogP contribution in [0.15, 0.2) is 0 Å². The van der Waals surface area contributed by atoms with E-state index in [1.54, 1.807) is 6.92 Å². The summed E-state index contributed by atoms with van der Waals surface area (Å²) >= 11 is 0. The van der Waals surface area contributed by atoms with Gasteiger partial charge in [0.15, 0.2) is 0 Å². The Kier molecular flexibility index (Phi) is 3.75. The molecule has 0 bridgehead atoms. The van der Waals surface area contributed by atoms with Crippen LogP contribution in [-0.4, -0.2) is 14.9 Å². The lowest BCUT2D eigenvalue weighted by Gasteiger charge is -2.28. The fourth-order valence-corrected chi connectivity index (χ4v) is 1.99. The first-order valence-corrected chi connectivity index (χ1v) is 5.54. The van der Waals surface area contributed by atoms with Crippen LogP contribution >= 0.6 is 7.60 Å². The minimum Gasteiger partial charge on any atom is -0.324 e. The molecule has 0 fully saturated rings. The quantitative estimate of drug-likeness (QED) is 0.651. The average molecular weight is 180 g/mol. The van der Waals surface area contributed by atoms with Crippen molar-refractivity contribution in [3.63, 3.8) is 0 Å². The lowest BCUT2D eigenvalue weighted by atomic mass is 10.0. The fraction of sp³-hybridized carbons (Fsp3) is 1.00. The molecule has 0 radical (unpaired) electrons. The third-order valence-electron chi connectivity index (χ3n) is 2.25. The summed E-state index contributed by atoms with van der Waals surface area (Å²) in [7, 11) is -3.90. The Morgan fingerprint density at radius 1 is 1.36 bits per heavy atom. The summed E-state index contributed by atoms with van der Waals surface area (Å²) < 4.78 is 11.0. The Bertz CT molecular complexity index is 163. The standard InChI is InChI=1S/C7H17O3P/c1-4-6-7(3,5-2)11(8,9)10/h4-6H2,1-3H3,(H2,8,9,10)/t7-/m0/s1. The monoisotopic (exact) mass is 180 g/mol. The summed E-state index contributed by atoms with van der Waals surface area (Å²) in [6.07, 6.45) is 1.94. The second-order valence-electron chi connectivity index (χ2n) is 3.14. The molecule has 0 aliphatic carbocycles. The SMILES string of the molecule is CCC[C@](C)(CC)P(=O)(O)O. The second-order valence-corrected chi connectivity index (χ2v) is 5.31. The summed E-state index contributed by atoms with van der Waals surface area (Å²) in [4.78, 5) is 18.0. The topological polar surface area (TPSA) is 57.5 Å². The third-order valence-corrected chi connectivity index (χ3v) is 4.20. The molecule has 0 rings (SSSR count). The maximum absolute atomic E-state index is 11.0. The predicted molar refractivity (Wildman–Crippen MR) is 45.6 cm³/mol. The van der Waals surface area contributed by atoms with Crippen molar-refractivity contribution in [1.82, 2.24) is 0 Å². The van der Waals surface area contributed by atoms with Gasteiger partial charge in [-0.15, -0.1) is 0 Å². The summed E-state index contributed by atoms with van der Waals surface area (Å²) in [5, 5.41) is -0.804. The first-order chi connectivity index (χ1) is 4.87. The summed E-state index contributed by atoms with van der Waals surface area (Å²) in [6, 6.07) is 0. The largest absolute Gasteiger partial charge is 0.331 e. The first kappa shape index (κ1) is 11.2. The highest BCUT2D eigenvalue weighted by Crippen LogP contribution is 2.54. The molecule has 1 atom stereocenters. The molecule has 0 aromatic carbocycles. The van der Waals surface area contributed by atoms with Gasteiger partial charge in [0.1, 0.15) is 0 Å². The van der Waals surface area contributed by atoms with Crippen molar-refractivity contribution >= 4 is 7.60 Å². The predicted octanol–water partition coefficient (Wildman–Crippen LogP) is 2.13. The molecule has 0 saturated heterocycles. The van der Waals surface area contributed by atoms with Crippen molar-refractivity contribution in [3.8, 4) is 0 Å². The molecule has 11 heavy (non-hydrogen) atoms. The molecule has 0 aromatic heterocycles. The maximum atomic E-state index is 11.0. The fourth-order valence-electron chi connectivity index (χ4n) is 1.07. The van der Waals surface area contributed by atoms with Crippen molar-refractivity contribution in [2.24, 2.45) is 0 Å². The lowest BCUT2D eigenvalue weighted by molar-refractivity contribution is 0.317. The molecule has 0 aliphatic heterocycles. The maximum Gasteiger partial charge on any atom is 0.331 e. The van der Waals surface area contributed by atoms with Gasteiger partial charge in [-0.1, -0.05) is 20.3 Å². The van der Waals surface area contributed by atoms with Gasteiger partial charge in [-0.2, -0.15) is 0 Å². The van der Waals surface area contributed by atoms with Gasteiger partial charge in [0.25, 0.3) is 0 Å². The molecule has 0 unspecified atom stereocenters. The van der Waals surface area contributed by atoms with Crippen molar-refractivity contribution in [3.05, 3.63) is 0 Å². The van der Waals surface area contributed by atoms with Gasteiger partial charge < -0.3 is 9.79 Å². The number of hydrogen-bond acceptors (Lipinski definition) is 1. The third kappa shape index (κ3) is 2.58. The Morgan fingerprint density at radius 3 is 1.91 bits per heavy atom. The van der Waals surface area contributed by atoms with E-state index in [2.05, 4.69) is 0 Å². The highest BCUT2D eigenvalue weighted by atomic mass is 31.2. The van der Waals surface area contributed by atoms with Crippen LogP contribution in [0.1, 0.15) is 40.0 Å². The molecular weight excluding hydrogens is 163 g/mol. The number of hydrogen-bond donors (Lipinski definition) is 2. The minimum atomic E-state index is -3.90. The van der Waals surface area contributed by atoms with Crippen LogP contribution in [0.5, 0.6) is 0 Å². The highest BCUT2D eigenvalue weighted by molar-refractivity contribution is 7.53. The van der Waals surface area contributed by atoms with Crippen LogP contribution < -0.4 is 0 Å². The van der Waals surface area contributed by atoms with Gasteiger partial charge in [0, 0.05) is 0 Å². The molecule has 2 N–H and O–H groups in total. The molecule has 0 aliphatic rings. The minimum absolute atomic E-state index is 0.533. The van der Waals surface area contributed by atoms with E-state index in [4.69, 9.17) is 9.79 Å². The second kappa shape index (κ2) is 3.70. The molecule has 68 valence electrons. The van der Waals surface area contributed by atoms with Crippen molar-refractivity contribution in [2.45, 2.75) is 45.2 Å². The van der Waals surface area contributed by atoms with Gasteiger partial charge in [-0.05, 0) is 19.8 Å². The Hall–Kier alpha value is 0.150. The first-order valence-electron chi connectivity index (χ1n) is 3.93. The molecule has 0 spiro atoms. The van der Waals surface area contributed by atoms with Crippen molar-refractivity contribution < 1.29 is 14.4 Å². The lowest BCUT2D eigenvalue weighted by Crippen LogP contribution is -2.23. The van der Waals surface area contributed by atoms with Crippen LogP contribution in [0.2, 0.25) is 0 Å². The van der Waals surface area contributed by atoms with Crippen molar-refractivity contribution in [1.29, 1.82) is 0 Å². The van der Waals surface area contributed by atoms with Crippen LogP contribution in [0.4, 0.5) is 0 Å². The van der Waals surface area contributed by atoms with E-state index in [9.17, 15) is 4.57 Å². The molecular formula is C7H17O3P. The molecule has 0 amide bonds. The van der Waals surface area contributed by atoms with Crippen LogP contribution in [0.25, 0.3) is 0 Å². The van der Waals surface area contributed by atoms with Crippen LogP contribution in [0.3, 0.4) is 0 Å². The van der Waals surface area contributed by atoms with E-state index in [1.165, 1.54) is 0 Å². The molecule has 0 saturated carbocycles. The average Bonchev–Trinajstić information content (AvgIpc) is 1.86. The van der Waals surface area contributed by atoms with Gasteiger partial charge in [-0.3, -0.25) is 4.57 Å². The van der Waals surface area contributed by atoms with Gasteiger partial charge >= 0.3 is 7.60 Å². The molecule has 3 nitrogen and oxygen atoms in total. The van der Waals surface area contributed by atoms with Gasteiger partial charge in [-0.25, -0.2) is 0 Å². The van der Waals surface area contributed by atoms with E-state index in [0.29, 0.717) is 12.8 Å².